The molecule has 0 saturated carbocycles. The van der Waals surface area contributed by atoms with Crippen LogP contribution in [-0.2, 0) is 7.05 Å². The van der Waals surface area contributed by atoms with Crippen molar-refractivity contribution in [3.8, 4) is 11.3 Å². The van der Waals surface area contributed by atoms with Gasteiger partial charge in [0.25, 0.3) is 0 Å². The van der Waals surface area contributed by atoms with Crippen molar-refractivity contribution in [3.05, 3.63) is 77.5 Å². The molecule has 0 aliphatic carbocycles. The Hall–Kier alpha value is -3.64. The van der Waals surface area contributed by atoms with Crippen LogP contribution < -0.4 is 10.6 Å². The third-order valence-corrected chi connectivity index (χ3v) is 5.57. The summed E-state index contributed by atoms with van der Waals surface area (Å²) >= 11 is 6.57. The summed E-state index contributed by atoms with van der Waals surface area (Å²) in [6.45, 7) is 1.97. The first kappa shape index (κ1) is 20.6. The highest BCUT2D eigenvalue weighted by atomic mass is 35.5. The van der Waals surface area contributed by atoms with Crippen molar-refractivity contribution >= 4 is 45.7 Å². The molecule has 2 aromatic heterocycles. The Bertz CT molecular complexity index is 1300. The fraction of sp³-hybridized carbons (Fsp3) is 0.125. The predicted octanol–water partition coefficient (Wildman–Crippen LogP) is 5.55. The van der Waals surface area contributed by atoms with E-state index in [9.17, 15) is 0 Å². The first-order chi connectivity index (χ1) is 15.0. The van der Waals surface area contributed by atoms with Crippen LogP contribution in [0.1, 0.15) is 11.4 Å². The number of hydrogen-bond acceptors (Lipinski definition) is 5. The van der Waals surface area contributed by atoms with Gasteiger partial charge in [-0.2, -0.15) is 0 Å². The van der Waals surface area contributed by atoms with Gasteiger partial charge in [0.05, 0.1) is 22.6 Å². The summed E-state index contributed by atoms with van der Waals surface area (Å²) in [7, 11) is 3.81. The van der Waals surface area contributed by atoms with E-state index in [1.54, 1.807) is 6.20 Å². The lowest BCUT2D eigenvalue weighted by molar-refractivity contribution is 0.865. The van der Waals surface area contributed by atoms with Gasteiger partial charge in [-0.05, 0) is 42.1 Å². The van der Waals surface area contributed by atoms with Crippen LogP contribution in [0.4, 0.5) is 11.5 Å². The van der Waals surface area contributed by atoms with Crippen molar-refractivity contribution in [1.29, 1.82) is 5.41 Å². The number of nitrogens with one attached hydrogen (secondary N) is 3. The van der Waals surface area contributed by atoms with Gasteiger partial charge in [-0.15, -0.1) is 0 Å². The van der Waals surface area contributed by atoms with E-state index in [1.165, 1.54) is 6.21 Å². The molecule has 0 aliphatic heterocycles. The van der Waals surface area contributed by atoms with E-state index < -0.39 is 0 Å². The van der Waals surface area contributed by atoms with E-state index in [1.807, 2.05) is 80.4 Å². The molecule has 0 amide bonds. The molecule has 156 valence electrons. The highest BCUT2D eigenvalue weighted by molar-refractivity contribution is 6.33. The number of aromatic nitrogens is 3. The van der Waals surface area contributed by atoms with Crippen LogP contribution in [0.2, 0.25) is 5.02 Å². The van der Waals surface area contributed by atoms with Crippen LogP contribution >= 0.6 is 11.6 Å². The van der Waals surface area contributed by atoms with Gasteiger partial charge in [0.15, 0.2) is 0 Å². The molecular weight excluding hydrogens is 408 g/mol. The van der Waals surface area contributed by atoms with Crippen molar-refractivity contribution in [2.75, 3.05) is 12.4 Å². The molecule has 7 heteroatoms. The minimum absolute atomic E-state index is 0.607. The Kier molecular flexibility index (Phi) is 5.73. The quantitative estimate of drug-likeness (QED) is 0.350. The van der Waals surface area contributed by atoms with Crippen LogP contribution in [0, 0.1) is 12.3 Å². The van der Waals surface area contributed by atoms with Crippen LogP contribution in [0.5, 0.6) is 0 Å². The third kappa shape index (κ3) is 4.15. The number of imidazole rings is 1. The van der Waals surface area contributed by atoms with Crippen LogP contribution in [0.15, 0.2) is 61.1 Å². The van der Waals surface area contributed by atoms with Crippen molar-refractivity contribution in [2.45, 2.75) is 6.92 Å². The monoisotopic (exact) mass is 430 g/mol. The van der Waals surface area contributed by atoms with E-state index in [-0.39, 0.29) is 0 Å². The van der Waals surface area contributed by atoms with Crippen LogP contribution in [-0.4, -0.2) is 27.8 Å². The lowest BCUT2D eigenvalue weighted by Crippen LogP contribution is -1.98. The number of halogens is 1. The van der Waals surface area contributed by atoms with Crippen molar-refractivity contribution in [1.82, 2.24) is 19.9 Å². The standard InChI is InChI=1S/C24H23ClN6/c1-15-28-14-23(31(15)3)17-6-7-22(21(25)9-17)30-24-10-19-8-16(20(11-26)12-27-2)4-5-18(19)13-29-24/h4-14,26-27H,1-3H3,(H,29,30)/b20-12+,26-11?. The molecule has 3 N–H and O–H groups in total. The van der Waals surface area contributed by atoms with Crippen molar-refractivity contribution < 1.29 is 0 Å². The average molecular weight is 431 g/mol. The lowest BCUT2D eigenvalue weighted by Gasteiger charge is -2.11. The first-order valence-corrected chi connectivity index (χ1v) is 10.2. The summed E-state index contributed by atoms with van der Waals surface area (Å²) in [6.07, 6.45) is 6.82. The fourth-order valence-corrected chi connectivity index (χ4v) is 3.66. The van der Waals surface area contributed by atoms with E-state index in [4.69, 9.17) is 17.0 Å². The van der Waals surface area contributed by atoms with E-state index in [0.29, 0.717) is 10.8 Å². The number of anilines is 2. The zero-order chi connectivity index (χ0) is 22.0. The fourth-order valence-electron chi connectivity index (χ4n) is 3.44. The molecule has 0 aliphatic rings. The number of benzene rings is 2. The number of hydrogen-bond donors (Lipinski definition) is 3. The number of rotatable bonds is 6. The molecule has 0 saturated heterocycles. The molecule has 0 unspecified atom stereocenters. The largest absolute Gasteiger partial charge is 0.393 e. The number of aryl methyl sites for hydroxylation is 1. The van der Waals surface area contributed by atoms with Gasteiger partial charge < -0.3 is 20.6 Å². The van der Waals surface area contributed by atoms with Crippen molar-refractivity contribution in [3.63, 3.8) is 0 Å². The summed E-state index contributed by atoms with van der Waals surface area (Å²) in [4.78, 5) is 8.87. The Balaban J connectivity index is 1.64. The molecule has 31 heavy (non-hydrogen) atoms. The molecule has 6 nitrogen and oxygen atoms in total. The maximum atomic E-state index is 7.64. The summed E-state index contributed by atoms with van der Waals surface area (Å²) in [5.41, 5.74) is 4.56. The average Bonchev–Trinajstić information content (AvgIpc) is 3.11. The summed E-state index contributed by atoms with van der Waals surface area (Å²) in [5.74, 6) is 1.65. The second-order valence-electron chi connectivity index (χ2n) is 7.23. The summed E-state index contributed by atoms with van der Waals surface area (Å²) in [5, 5.41) is 16.6. The molecular formula is C24H23ClN6. The highest BCUT2D eigenvalue weighted by Crippen LogP contribution is 2.31. The Labute approximate surface area is 186 Å². The summed E-state index contributed by atoms with van der Waals surface area (Å²) < 4.78 is 2.03. The number of fused-ring (bicyclic) bond motifs is 1. The molecule has 0 spiro atoms. The smallest absolute Gasteiger partial charge is 0.130 e. The summed E-state index contributed by atoms with van der Waals surface area (Å²) in [6, 6.07) is 13.9. The molecule has 0 fully saturated rings. The number of pyridine rings is 1. The minimum atomic E-state index is 0.607. The van der Waals surface area contributed by atoms with Crippen LogP contribution in [0.25, 0.3) is 27.6 Å². The Morgan fingerprint density at radius 2 is 1.90 bits per heavy atom. The van der Waals surface area contributed by atoms with E-state index in [2.05, 4.69) is 20.6 Å². The van der Waals surface area contributed by atoms with Gasteiger partial charge in [-0.3, -0.25) is 0 Å². The zero-order valence-electron chi connectivity index (χ0n) is 17.6. The lowest BCUT2D eigenvalue weighted by atomic mass is 10.0. The molecule has 4 aromatic rings. The molecule has 0 bridgehead atoms. The topological polar surface area (TPSA) is 78.6 Å². The Morgan fingerprint density at radius 1 is 1.06 bits per heavy atom. The van der Waals surface area contributed by atoms with Gasteiger partial charge in [0.2, 0.25) is 0 Å². The SMILES string of the molecule is CN/C=C(\C=N)c1ccc2cnc(Nc3ccc(-c4cnc(C)n4C)cc3Cl)cc2c1. The molecule has 2 aromatic carbocycles. The third-order valence-electron chi connectivity index (χ3n) is 5.26. The second-order valence-corrected chi connectivity index (χ2v) is 7.64. The van der Waals surface area contributed by atoms with Gasteiger partial charge >= 0.3 is 0 Å². The predicted molar refractivity (Wildman–Crippen MR) is 129 cm³/mol. The van der Waals surface area contributed by atoms with Gasteiger partial charge in [-0.25, -0.2) is 9.97 Å². The van der Waals surface area contributed by atoms with E-state index >= 15 is 0 Å². The number of allylic oxidation sites excluding steroid dienone is 1. The first-order valence-electron chi connectivity index (χ1n) is 9.83. The molecule has 0 radical (unpaired) electrons. The zero-order valence-corrected chi connectivity index (χ0v) is 18.3. The second kappa shape index (κ2) is 8.62. The minimum Gasteiger partial charge on any atom is -0.393 e. The molecule has 2 heterocycles. The number of nitrogens with zero attached hydrogens (tertiary/aromatic N) is 3. The Morgan fingerprint density at radius 3 is 2.58 bits per heavy atom. The van der Waals surface area contributed by atoms with Gasteiger partial charge in [-0.1, -0.05) is 29.8 Å². The van der Waals surface area contributed by atoms with Gasteiger partial charge in [0.1, 0.15) is 11.6 Å². The normalized spacial score (nSPS) is 11.5. The molecule has 0 atom stereocenters. The maximum absolute atomic E-state index is 7.64. The van der Waals surface area contributed by atoms with E-state index in [0.717, 1.165) is 44.7 Å². The van der Waals surface area contributed by atoms with Crippen LogP contribution in [0.3, 0.4) is 0 Å². The molecule has 4 rings (SSSR count). The van der Waals surface area contributed by atoms with Gasteiger partial charge in [0, 0.05) is 49.2 Å². The highest BCUT2D eigenvalue weighted by Gasteiger charge is 2.10. The van der Waals surface area contributed by atoms with Crippen molar-refractivity contribution in [2.24, 2.45) is 7.05 Å². The maximum Gasteiger partial charge on any atom is 0.130 e.